The Balaban J connectivity index is 2.32. The van der Waals surface area contributed by atoms with E-state index in [9.17, 15) is 5.11 Å². The van der Waals surface area contributed by atoms with E-state index in [1.165, 1.54) is 0 Å². The van der Waals surface area contributed by atoms with Crippen LogP contribution in [0.5, 0.6) is 0 Å². The van der Waals surface area contributed by atoms with Crippen LogP contribution in [0.3, 0.4) is 0 Å². The van der Waals surface area contributed by atoms with Gasteiger partial charge in [-0.15, -0.1) is 0 Å². The Bertz CT molecular complexity index is 258. The van der Waals surface area contributed by atoms with E-state index in [4.69, 9.17) is 4.42 Å². The van der Waals surface area contributed by atoms with Gasteiger partial charge in [-0.1, -0.05) is 0 Å². The van der Waals surface area contributed by atoms with Gasteiger partial charge in [-0.25, -0.2) is 0 Å². The largest absolute Gasteiger partial charge is 0.466 e. The molecule has 0 aliphatic carbocycles. The molecule has 1 aliphatic heterocycles. The summed E-state index contributed by atoms with van der Waals surface area (Å²) in [6, 6.07) is 3.70. The van der Waals surface area contributed by atoms with Crippen LogP contribution >= 0.6 is 0 Å². The van der Waals surface area contributed by atoms with E-state index in [0.717, 1.165) is 13.0 Å². The number of hydrogen-bond donors (Lipinski definition) is 2. The molecule has 1 aromatic heterocycles. The van der Waals surface area contributed by atoms with Crippen molar-refractivity contribution in [1.29, 1.82) is 0 Å². The molecule has 1 saturated heterocycles. The molecule has 1 aliphatic rings. The van der Waals surface area contributed by atoms with E-state index in [1.807, 2.05) is 13.0 Å². The number of hydrogen-bond acceptors (Lipinski definition) is 3. The highest BCUT2D eigenvalue weighted by Gasteiger charge is 2.41. The van der Waals surface area contributed by atoms with Gasteiger partial charge in [0, 0.05) is 6.04 Å². The van der Waals surface area contributed by atoms with Crippen LogP contribution in [0.25, 0.3) is 0 Å². The number of furan rings is 1. The normalized spacial score (nSPS) is 35.7. The molecule has 66 valence electrons. The summed E-state index contributed by atoms with van der Waals surface area (Å²) in [6.07, 6.45) is 2.32. The Morgan fingerprint density at radius 2 is 2.58 bits per heavy atom. The molecule has 0 radical (unpaired) electrons. The van der Waals surface area contributed by atoms with E-state index in [0.29, 0.717) is 5.76 Å². The lowest BCUT2D eigenvalue weighted by Gasteiger charge is -2.24. The average molecular weight is 167 g/mol. The van der Waals surface area contributed by atoms with Crippen molar-refractivity contribution in [3.63, 3.8) is 0 Å². The maximum Gasteiger partial charge on any atom is 0.138 e. The van der Waals surface area contributed by atoms with E-state index in [2.05, 4.69) is 5.32 Å². The van der Waals surface area contributed by atoms with Crippen LogP contribution in [0.2, 0.25) is 0 Å². The van der Waals surface area contributed by atoms with Crippen LogP contribution in [-0.4, -0.2) is 17.7 Å². The SMILES string of the molecule is CC1NCCC1(O)c1ccco1. The molecule has 0 aromatic carbocycles. The molecule has 3 heteroatoms. The van der Waals surface area contributed by atoms with Gasteiger partial charge in [-0.05, 0) is 32.0 Å². The van der Waals surface area contributed by atoms with Gasteiger partial charge in [0.2, 0.25) is 0 Å². The third-order valence-electron chi connectivity index (χ3n) is 2.62. The van der Waals surface area contributed by atoms with E-state index >= 15 is 0 Å². The first-order chi connectivity index (χ1) is 5.73. The molecule has 0 spiro atoms. The Morgan fingerprint density at radius 1 is 1.75 bits per heavy atom. The second kappa shape index (κ2) is 2.61. The van der Waals surface area contributed by atoms with Crippen LogP contribution in [0.15, 0.2) is 22.8 Å². The van der Waals surface area contributed by atoms with E-state index in [1.54, 1.807) is 12.3 Å². The topological polar surface area (TPSA) is 45.4 Å². The second-order valence-electron chi connectivity index (χ2n) is 3.33. The molecule has 2 rings (SSSR count). The molecule has 2 unspecified atom stereocenters. The summed E-state index contributed by atoms with van der Waals surface area (Å²) in [4.78, 5) is 0. The maximum atomic E-state index is 10.2. The third kappa shape index (κ3) is 0.974. The van der Waals surface area contributed by atoms with Crippen molar-refractivity contribution >= 4 is 0 Å². The zero-order chi connectivity index (χ0) is 8.60. The zero-order valence-corrected chi connectivity index (χ0v) is 7.08. The van der Waals surface area contributed by atoms with E-state index < -0.39 is 5.60 Å². The average Bonchev–Trinajstić information content (AvgIpc) is 2.62. The standard InChI is InChI=1S/C9H13NO2/c1-7-9(11,4-5-10-7)8-3-2-6-12-8/h2-3,6-7,10-11H,4-5H2,1H3. The molecule has 2 heterocycles. The van der Waals surface area contributed by atoms with Gasteiger partial charge in [0.15, 0.2) is 0 Å². The van der Waals surface area contributed by atoms with Gasteiger partial charge < -0.3 is 14.8 Å². The summed E-state index contributed by atoms with van der Waals surface area (Å²) in [6.45, 7) is 2.81. The first-order valence-electron chi connectivity index (χ1n) is 4.23. The molecule has 0 amide bonds. The fraction of sp³-hybridized carbons (Fsp3) is 0.556. The first kappa shape index (κ1) is 7.83. The number of nitrogens with one attached hydrogen (secondary N) is 1. The van der Waals surface area contributed by atoms with Crippen molar-refractivity contribution in [3.8, 4) is 0 Å². The Kier molecular flexibility index (Phi) is 1.70. The summed E-state index contributed by atoms with van der Waals surface area (Å²) in [7, 11) is 0. The highest BCUT2D eigenvalue weighted by molar-refractivity contribution is 5.14. The van der Waals surface area contributed by atoms with Crippen molar-refractivity contribution in [2.75, 3.05) is 6.54 Å². The van der Waals surface area contributed by atoms with Gasteiger partial charge in [-0.2, -0.15) is 0 Å². The molecule has 1 fully saturated rings. The highest BCUT2D eigenvalue weighted by Crippen LogP contribution is 2.32. The number of aliphatic hydroxyl groups is 1. The lowest BCUT2D eigenvalue weighted by molar-refractivity contribution is 0.00793. The quantitative estimate of drug-likeness (QED) is 0.651. The molecule has 12 heavy (non-hydrogen) atoms. The molecule has 0 saturated carbocycles. The van der Waals surface area contributed by atoms with Crippen LogP contribution in [0.4, 0.5) is 0 Å². The smallest absolute Gasteiger partial charge is 0.138 e. The lowest BCUT2D eigenvalue weighted by atomic mass is 9.93. The molecule has 3 nitrogen and oxygen atoms in total. The molecular formula is C9H13NO2. The van der Waals surface area contributed by atoms with Crippen molar-refractivity contribution in [2.45, 2.75) is 25.0 Å². The molecule has 2 N–H and O–H groups in total. The molecule has 2 atom stereocenters. The van der Waals surface area contributed by atoms with Crippen LogP contribution in [0, 0.1) is 0 Å². The minimum Gasteiger partial charge on any atom is -0.466 e. The van der Waals surface area contributed by atoms with Crippen molar-refractivity contribution in [3.05, 3.63) is 24.2 Å². The fourth-order valence-corrected chi connectivity index (χ4v) is 1.73. The Morgan fingerprint density at radius 3 is 3.08 bits per heavy atom. The highest BCUT2D eigenvalue weighted by atomic mass is 16.4. The van der Waals surface area contributed by atoms with Crippen LogP contribution in [0.1, 0.15) is 19.1 Å². The fourth-order valence-electron chi connectivity index (χ4n) is 1.73. The molecule has 1 aromatic rings. The third-order valence-corrected chi connectivity index (χ3v) is 2.62. The maximum absolute atomic E-state index is 10.2. The predicted molar refractivity (Wildman–Crippen MR) is 44.7 cm³/mol. The Hall–Kier alpha value is -0.800. The summed E-state index contributed by atoms with van der Waals surface area (Å²) >= 11 is 0. The van der Waals surface area contributed by atoms with Gasteiger partial charge in [0.25, 0.3) is 0 Å². The molecule has 0 bridgehead atoms. The summed E-state index contributed by atoms with van der Waals surface area (Å²) in [5, 5.41) is 13.4. The monoisotopic (exact) mass is 167 g/mol. The van der Waals surface area contributed by atoms with Gasteiger partial charge in [-0.3, -0.25) is 0 Å². The van der Waals surface area contributed by atoms with Crippen LogP contribution in [-0.2, 0) is 5.60 Å². The minimum atomic E-state index is -0.802. The van der Waals surface area contributed by atoms with Gasteiger partial charge in [0.05, 0.1) is 6.26 Å². The van der Waals surface area contributed by atoms with Crippen LogP contribution < -0.4 is 5.32 Å². The minimum absolute atomic E-state index is 0.0728. The lowest BCUT2D eigenvalue weighted by Crippen LogP contribution is -2.37. The van der Waals surface area contributed by atoms with Crippen molar-refractivity contribution < 1.29 is 9.52 Å². The zero-order valence-electron chi connectivity index (χ0n) is 7.08. The summed E-state index contributed by atoms with van der Waals surface area (Å²) in [5.41, 5.74) is -0.802. The number of rotatable bonds is 1. The van der Waals surface area contributed by atoms with Crippen molar-refractivity contribution in [1.82, 2.24) is 5.32 Å². The van der Waals surface area contributed by atoms with Gasteiger partial charge in [0.1, 0.15) is 11.4 Å². The first-order valence-corrected chi connectivity index (χ1v) is 4.23. The second-order valence-corrected chi connectivity index (χ2v) is 3.33. The summed E-state index contributed by atoms with van der Waals surface area (Å²) in [5.74, 6) is 0.667. The predicted octanol–water partition coefficient (Wildman–Crippen LogP) is 0.849. The molecular weight excluding hydrogens is 154 g/mol. The van der Waals surface area contributed by atoms with Gasteiger partial charge >= 0.3 is 0 Å². The van der Waals surface area contributed by atoms with E-state index in [-0.39, 0.29) is 6.04 Å². The Labute approximate surface area is 71.4 Å². The van der Waals surface area contributed by atoms with Crippen molar-refractivity contribution in [2.24, 2.45) is 0 Å². The summed E-state index contributed by atoms with van der Waals surface area (Å²) < 4.78 is 5.20.